The van der Waals surface area contributed by atoms with Crippen LogP contribution in [-0.4, -0.2) is 22.5 Å². The molecule has 7 heteroatoms. The Morgan fingerprint density at radius 3 is 2.83 bits per heavy atom. The second-order valence-electron chi connectivity index (χ2n) is 4.09. The lowest BCUT2D eigenvalue weighted by Crippen LogP contribution is -2.28. The Balaban J connectivity index is 2.11. The molecule has 0 spiro atoms. The standard InChI is InChI=1S/C11H12F2N2O2S/c12-9-4-10(13)11(15(16)17)3-7(9)5-14-8-1-2-18-6-8/h3-4,8,14H,1-2,5-6H2. The van der Waals surface area contributed by atoms with Gasteiger partial charge in [-0.1, -0.05) is 0 Å². The first-order valence-corrected chi connectivity index (χ1v) is 6.67. The van der Waals surface area contributed by atoms with Crippen LogP contribution in [0.3, 0.4) is 0 Å². The fourth-order valence-corrected chi connectivity index (χ4v) is 2.99. The summed E-state index contributed by atoms with van der Waals surface area (Å²) in [5, 5.41) is 13.7. The molecule has 1 heterocycles. The number of rotatable bonds is 4. The second-order valence-corrected chi connectivity index (χ2v) is 5.24. The van der Waals surface area contributed by atoms with Crippen LogP contribution in [0, 0.1) is 21.7 Å². The van der Waals surface area contributed by atoms with Gasteiger partial charge in [0.25, 0.3) is 0 Å². The average molecular weight is 274 g/mol. The quantitative estimate of drug-likeness (QED) is 0.677. The molecule has 18 heavy (non-hydrogen) atoms. The van der Waals surface area contributed by atoms with E-state index in [2.05, 4.69) is 5.32 Å². The van der Waals surface area contributed by atoms with Crippen LogP contribution in [0.5, 0.6) is 0 Å². The minimum Gasteiger partial charge on any atom is -0.309 e. The zero-order valence-electron chi connectivity index (χ0n) is 9.49. The van der Waals surface area contributed by atoms with E-state index in [9.17, 15) is 18.9 Å². The van der Waals surface area contributed by atoms with Gasteiger partial charge in [-0.3, -0.25) is 10.1 Å². The Morgan fingerprint density at radius 2 is 2.22 bits per heavy atom. The number of hydrogen-bond acceptors (Lipinski definition) is 4. The highest BCUT2D eigenvalue weighted by Crippen LogP contribution is 2.22. The first kappa shape index (κ1) is 13.2. The molecule has 98 valence electrons. The van der Waals surface area contributed by atoms with Gasteiger partial charge in [-0.15, -0.1) is 0 Å². The fourth-order valence-electron chi connectivity index (χ4n) is 1.81. The number of thioether (sulfide) groups is 1. The molecule has 1 unspecified atom stereocenters. The van der Waals surface area contributed by atoms with E-state index in [1.54, 1.807) is 0 Å². The van der Waals surface area contributed by atoms with Gasteiger partial charge < -0.3 is 5.32 Å². The molecular formula is C11H12F2N2O2S. The van der Waals surface area contributed by atoms with Crippen LogP contribution in [-0.2, 0) is 6.54 Å². The zero-order valence-corrected chi connectivity index (χ0v) is 10.3. The summed E-state index contributed by atoms with van der Waals surface area (Å²) in [5.74, 6) is 0.114. The molecule has 1 atom stereocenters. The largest absolute Gasteiger partial charge is 0.309 e. The summed E-state index contributed by atoms with van der Waals surface area (Å²) < 4.78 is 26.6. The minimum absolute atomic E-state index is 0.125. The average Bonchev–Trinajstić information content (AvgIpc) is 2.80. The molecule has 0 aromatic heterocycles. The highest BCUT2D eigenvalue weighted by Gasteiger charge is 2.20. The van der Waals surface area contributed by atoms with Crippen LogP contribution in [0.15, 0.2) is 12.1 Å². The summed E-state index contributed by atoms with van der Waals surface area (Å²) >= 11 is 1.81. The van der Waals surface area contributed by atoms with Gasteiger partial charge in [-0.05, 0) is 12.2 Å². The highest BCUT2D eigenvalue weighted by molar-refractivity contribution is 7.99. The predicted molar refractivity (Wildman–Crippen MR) is 65.6 cm³/mol. The van der Waals surface area contributed by atoms with Gasteiger partial charge in [-0.2, -0.15) is 16.2 Å². The Hall–Kier alpha value is -1.21. The molecule has 1 fully saturated rings. The zero-order chi connectivity index (χ0) is 13.1. The van der Waals surface area contributed by atoms with Crippen molar-refractivity contribution in [3.8, 4) is 0 Å². The lowest BCUT2D eigenvalue weighted by Gasteiger charge is -2.11. The van der Waals surface area contributed by atoms with Gasteiger partial charge in [0.1, 0.15) is 5.82 Å². The van der Waals surface area contributed by atoms with Crippen LogP contribution in [0.25, 0.3) is 0 Å². The maximum absolute atomic E-state index is 13.5. The van der Waals surface area contributed by atoms with Crippen molar-refractivity contribution in [3.05, 3.63) is 39.4 Å². The minimum atomic E-state index is -1.14. The Kier molecular flexibility index (Phi) is 4.13. The first-order chi connectivity index (χ1) is 8.58. The Bertz CT molecular complexity index is 465. The number of hydrogen-bond donors (Lipinski definition) is 1. The topological polar surface area (TPSA) is 55.2 Å². The van der Waals surface area contributed by atoms with E-state index in [0.29, 0.717) is 12.1 Å². The first-order valence-electron chi connectivity index (χ1n) is 5.51. The molecule has 4 nitrogen and oxygen atoms in total. The molecule has 1 aliphatic rings. The predicted octanol–water partition coefficient (Wildman–Crippen LogP) is 2.47. The number of benzene rings is 1. The van der Waals surface area contributed by atoms with Crippen molar-refractivity contribution < 1.29 is 13.7 Å². The van der Waals surface area contributed by atoms with Gasteiger partial charge >= 0.3 is 5.69 Å². The summed E-state index contributed by atoms with van der Waals surface area (Å²) in [7, 11) is 0. The van der Waals surface area contributed by atoms with E-state index in [1.165, 1.54) is 0 Å². The number of nitro groups is 1. The van der Waals surface area contributed by atoms with Crippen molar-refractivity contribution in [2.24, 2.45) is 0 Å². The van der Waals surface area contributed by atoms with Crippen molar-refractivity contribution >= 4 is 17.4 Å². The molecule has 0 amide bonds. The SMILES string of the molecule is O=[N+]([O-])c1cc(CNC2CCSC2)c(F)cc1F. The third kappa shape index (κ3) is 2.97. The van der Waals surface area contributed by atoms with Gasteiger partial charge in [-0.25, -0.2) is 4.39 Å². The van der Waals surface area contributed by atoms with Gasteiger partial charge in [0.15, 0.2) is 0 Å². The smallest absolute Gasteiger partial charge is 0.305 e. The van der Waals surface area contributed by atoms with E-state index in [1.807, 2.05) is 11.8 Å². The lowest BCUT2D eigenvalue weighted by atomic mass is 10.1. The highest BCUT2D eigenvalue weighted by atomic mass is 32.2. The molecular weight excluding hydrogens is 262 g/mol. The van der Waals surface area contributed by atoms with E-state index in [4.69, 9.17) is 0 Å². The summed E-state index contributed by atoms with van der Waals surface area (Å²) in [6, 6.07) is 1.82. The molecule has 1 saturated heterocycles. The molecule has 0 saturated carbocycles. The van der Waals surface area contributed by atoms with E-state index in [-0.39, 0.29) is 12.1 Å². The van der Waals surface area contributed by atoms with Crippen LogP contribution in [0.1, 0.15) is 12.0 Å². The molecule has 1 N–H and O–H groups in total. The summed E-state index contributed by atoms with van der Waals surface area (Å²) in [5.41, 5.74) is -0.561. The van der Waals surface area contributed by atoms with Gasteiger partial charge in [0.2, 0.25) is 5.82 Å². The molecule has 0 aliphatic carbocycles. The van der Waals surface area contributed by atoms with E-state index < -0.39 is 22.2 Å². The Morgan fingerprint density at radius 1 is 1.44 bits per heavy atom. The third-order valence-corrected chi connectivity index (χ3v) is 3.99. The summed E-state index contributed by atoms with van der Waals surface area (Å²) in [6.07, 6.45) is 0.996. The monoisotopic (exact) mass is 274 g/mol. The maximum atomic E-state index is 13.5. The summed E-state index contributed by atoms with van der Waals surface area (Å²) in [6.45, 7) is 0.179. The fraction of sp³-hybridized carbons (Fsp3) is 0.455. The molecule has 0 bridgehead atoms. The van der Waals surface area contributed by atoms with E-state index in [0.717, 1.165) is 24.0 Å². The van der Waals surface area contributed by atoms with E-state index >= 15 is 0 Å². The molecule has 2 rings (SSSR count). The van der Waals surface area contributed by atoms with Crippen molar-refractivity contribution in [1.29, 1.82) is 0 Å². The lowest BCUT2D eigenvalue weighted by molar-refractivity contribution is -0.387. The number of halogens is 2. The van der Waals surface area contributed by atoms with Gasteiger partial charge in [0, 0.05) is 36.0 Å². The summed E-state index contributed by atoms with van der Waals surface area (Å²) in [4.78, 5) is 9.72. The van der Waals surface area contributed by atoms with Crippen molar-refractivity contribution in [2.75, 3.05) is 11.5 Å². The third-order valence-electron chi connectivity index (χ3n) is 2.82. The van der Waals surface area contributed by atoms with Crippen LogP contribution >= 0.6 is 11.8 Å². The molecule has 1 aromatic rings. The van der Waals surface area contributed by atoms with Crippen molar-refractivity contribution in [2.45, 2.75) is 19.0 Å². The van der Waals surface area contributed by atoms with Crippen LogP contribution < -0.4 is 5.32 Å². The normalized spacial score (nSPS) is 19.1. The number of nitro benzene ring substituents is 1. The number of nitrogens with zero attached hydrogens (tertiary/aromatic N) is 1. The van der Waals surface area contributed by atoms with Crippen molar-refractivity contribution in [3.63, 3.8) is 0 Å². The maximum Gasteiger partial charge on any atom is 0.305 e. The van der Waals surface area contributed by atoms with Crippen LogP contribution in [0.2, 0.25) is 0 Å². The van der Waals surface area contributed by atoms with Gasteiger partial charge in [0.05, 0.1) is 4.92 Å². The van der Waals surface area contributed by atoms with Crippen molar-refractivity contribution in [1.82, 2.24) is 5.32 Å². The van der Waals surface area contributed by atoms with Crippen LogP contribution in [0.4, 0.5) is 14.5 Å². The number of nitrogens with one attached hydrogen (secondary N) is 1. The molecule has 1 aliphatic heterocycles. The molecule has 1 aromatic carbocycles. The second kappa shape index (κ2) is 5.62. The Labute approximate surface area is 107 Å². The molecule has 0 radical (unpaired) electrons.